The monoisotopic (exact) mass is 185 g/mol. The summed E-state index contributed by atoms with van der Waals surface area (Å²) < 4.78 is 4.70. The number of hydrogen-bond donors (Lipinski definition) is 0. The topological polar surface area (TPSA) is 65.0 Å². The van der Waals surface area contributed by atoms with Crippen LogP contribution >= 0.6 is 0 Å². The highest BCUT2D eigenvalue weighted by Crippen LogP contribution is 2.16. The Morgan fingerprint density at radius 1 is 1.69 bits per heavy atom. The van der Waals surface area contributed by atoms with Crippen molar-refractivity contribution in [2.24, 2.45) is 11.1 Å². The van der Waals surface area contributed by atoms with Gasteiger partial charge in [0.2, 0.25) is 0 Å². The van der Waals surface area contributed by atoms with Gasteiger partial charge in [-0.25, -0.2) is 4.79 Å². The molecule has 1 aliphatic rings. The van der Waals surface area contributed by atoms with Gasteiger partial charge in [0, 0.05) is 0 Å². The van der Waals surface area contributed by atoms with Crippen LogP contribution in [0, 0.1) is 5.92 Å². The van der Waals surface area contributed by atoms with Crippen molar-refractivity contribution in [3.63, 3.8) is 0 Å². The van der Waals surface area contributed by atoms with E-state index < -0.39 is 17.9 Å². The Balaban J connectivity index is 2.48. The molecule has 0 N–H and O–H groups in total. The molecule has 0 radical (unpaired) electrons. The second kappa shape index (κ2) is 4.02. The van der Waals surface area contributed by atoms with Crippen molar-refractivity contribution >= 4 is 17.7 Å². The summed E-state index contributed by atoms with van der Waals surface area (Å²) in [4.78, 5) is 26.4. The van der Waals surface area contributed by atoms with Crippen LogP contribution in [-0.2, 0) is 19.2 Å². The lowest BCUT2D eigenvalue weighted by Gasteiger charge is -2.04. The second-order valence-corrected chi connectivity index (χ2v) is 2.70. The van der Waals surface area contributed by atoms with Gasteiger partial charge in [0.05, 0.1) is 18.7 Å². The lowest BCUT2D eigenvalue weighted by Crippen LogP contribution is -2.21. The number of hydrogen-bond acceptors (Lipinski definition) is 5. The minimum absolute atomic E-state index is 0.0159. The van der Waals surface area contributed by atoms with Gasteiger partial charge >= 0.3 is 11.9 Å². The average Bonchev–Trinajstić information content (AvgIpc) is 2.36. The number of oxime groups is 1. The summed E-state index contributed by atoms with van der Waals surface area (Å²) in [6.45, 7) is 3.68. The standard InChI is InChI=1S/C8H11NO4/c1-3-12-7(10)4-6-5(2)9-13-8(6)11/h6H,3-4H2,1-2H3/t6-/m0/s1. The molecule has 0 aromatic heterocycles. The van der Waals surface area contributed by atoms with Gasteiger partial charge in [-0.1, -0.05) is 5.16 Å². The summed E-state index contributed by atoms with van der Waals surface area (Å²) in [7, 11) is 0. The molecule has 1 aliphatic heterocycles. The lowest BCUT2D eigenvalue weighted by molar-refractivity contribution is -0.150. The molecular weight excluding hydrogens is 174 g/mol. The van der Waals surface area contributed by atoms with Crippen molar-refractivity contribution in [2.75, 3.05) is 6.61 Å². The van der Waals surface area contributed by atoms with Crippen molar-refractivity contribution < 1.29 is 19.2 Å². The van der Waals surface area contributed by atoms with Crippen LogP contribution in [-0.4, -0.2) is 24.3 Å². The van der Waals surface area contributed by atoms with Crippen molar-refractivity contribution in [1.29, 1.82) is 0 Å². The van der Waals surface area contributed by atoms with E-state index in [1.165, 1.54) is 0 Å². The number of esters is 1. The van der Waals surface area contributed by atoms with E-state index in [9.17, 15) is 9.59 Å². The lowest BCUT2D eigenvalue weighted by atomic mass is 10.0. The zero-order valence-electron chi connectivity index (χ0n) is 7.57. The maximum absolute atomic E-state index is 11.0. The molecule has 0 spiro atoms. The van der Waals surface area contributed by atoms with Crippen molar-refractivity contribution in [2.45, 2.75) is 20.3 Å². The molecule has 0 aromatic carbocycles. The van der Waals surface area contributed by atoms with Crippen molar-refractivity contribution in [3.05, 3.63) is 0 Å². The molecule has 0 bridgehead atoms. The van der Waals surface area contributed by atoms with Crippen LogP contribution in [0.2, 0.25) is 0 Å². The molecule has 0 fully saturated rings. The Bertz CT molecular complexity index is 259. The molecule has 1 rings (SSSR count). The third-order valence-corrected chi connectivity index (χ3v) is 1.74. The fourth-order valence-electron chi connectivity index (χ4n) is 1.03. The smallest absolute Gasteiger partial charge is 0.344 e. The molecule has 1 atom stereocenters. The quantitative estimate of drug-likeness (QED) is 0.474. The van der Waals surface area contributed by atoms with E-state index in [-0.39, 0.29) is 6.42 Å². The highest BCUT2D eigenvalue weighted by atomic mass is 16.7. The van der Waals surface area contributed by atoms with E-state index in [1.54, 1.807) is 13.8 Å². The predicted octanol–water partition coefficient (Wildman–Crippen LogP) is 0.489. The highest BCUT2D eigenvalue weighted by molar-refractivity contribution is 6.05. The molecule has 0 aliphatic carbocycles. The normalized spacial score (nSPS) is 20.9. The number of ether oxygens (including phenoxy) is 1. The van der Waals surface area contributed by atoms with E-state index in [1.807, 2.05) is 0 Å². The van der Waals surface area contributed by atoms with Gasteiger partial charge in [-0.05, 0) is 13.8 Å². The summed E-state index contributed by atoms with van der Waals surface area (Å²) in [5, 5.41) is 3.47. The fraction of sp³-hybridized carbons (Fsp3) is 0.625. The first kappa shape index (κ1) is 9.70. The molecule has 0 amide bonds. The number of nitrogens with zero attached hydrogens (tertiary/aromatic N) is 1. The zero-order chi connectivity index (χ0) is 9.84. The van der Waals surface area contributed by atoms with Crippen molar-refractivity contribution in [3.8, 4) is 0 Å². The summed E-state index contributed by atoms with van der Waals surface area (Å²) in [6, 6.07) is 0. The summed E-state index contributed by atoms with van der Waals surface area (Å²) in [5.74, 6) is -1.44. The SMILES string of the molecule is CCOC(=O)C[C@@H]1C(=O)ON=C1C. The van der Waals surface area contributed by atoms with E-state index >= 15 is 0 Å². The third kappa shape index (κ3) is 2.27. The molecule has 0 unspecified atom stereocenters. The highest BCUT2D eigenvalue weighted by Gasteiger charge is 2.32. The molecule has 72 valence electrons. The van der Waals surface area contributed by atoms with Crippen LogP contribution in [0.5, 0.6) is 0 Å². The maximum atomic E-state index is 11.0. The van der Waals surface area contributed by atoms with Gasteiger partial charge < -0.3 is 9.57 Å². The van der Waals surface area contributed by atoms with E-state index in [4.69, 9.17) is 4.74 Å². The van der Waals surface area contributed by atoms with Gasteiger partial charge in [-0.2, -0.15) is 0 Å². The minimum atomic E-state index is -0.556. The van der Waals surface area contributed by atoms with Gasteiger partial charge in [0.15, 0.2) is 0 Å². The second-order valence-electron chi connectivity index (χ2n) is 2.70. The Morgan fingerprint density at radius 2 is 2.38 bits per heavy atom. The van der Waals surface area contributed by atoms with E-state index in [0.29, 0.717) is 12.3 Å². The van der Waals surface area contributed by atoms with Crippen LogP contribution in [0.4, 0.5) is 0 Å². The van der Waals surface area contributed by atoms with E-state index in [2.05, 4.69) is 9.99 Å². The molecule has 5 nitrogen and oxygen atoms in total. The number of carbonyl (C=O) groups is 2. The molecule has 0 saturated carbocycles. The first-order valence-corrected chi connectivity index (χ1v) is 4.06. The molecular formula is C8H11NO4. The summed E-state index contributed by atoms with van der Waals surface area (Å²) >= 11 is 0. The van der Waals surface area contributed by atoms with Gasteiger partial charge in [-0.3, -0.25) is 4.79 Å². The molecule has 13 heavy (non-hydrogen) atoms. The average molecular weight is 185 g/mol. The molecule has 5 heteroatoms. The Morgan fingerprint density at radius 3 is 2.85 bits per heavy atom. The molecule has 0 saturated heterocycles. The predicted molar refractivity (Wildman–Crippen MR) is 43.9 cm³/mol. The van der Waals surface area contributed by atoms with Gasteiger partial charge in [0.1, 0.15) is 5.92 Å². The van der Waals surface area contributed by atoms with Crippen LogP contribution in [0.15, 0.2) is 5.16 Å². The van der Waals surface area contributed by atoms with Crippen LogP contribution < -0.4 is 0 Å². The molecule has 1 heterocycles. The summed E-state index contributed by atoms with van der Waals surface area (Å²) in [5.41, 5.74) is 0.526. The Hall–Kier alpha value is -1.39. The van der Waals surface area contributed by atoms with Gasteiger partial charge in [0.25, 0.3) is 0 Å². The largest absolute Gasteiger partial charge is 0.466 e. The van der Waals surface area contributed by atoms with Crippen LogP contribution in [0.25, 0.3) is 0 Å². The van der Waals surface area contributed by atoms with Crippen molar-refractivity contribution in [1.82, 2.24) is 0 Å². The molecule has 0 aromatic rings. The first-order valence-electron chi connectivity index (χ1n) is 4.06. The van der Waals surface area contributed by atoms with Crippen LogP contribution in [0.1, 0.15) is 20.3 Å². The summed E-state index contributed by atoms with van der Waals surface area (Å²) in [6.07, 6.45) is 0.0159. The Labute approximate surface area is 75.7 Å². The third-order valence-electron chi connectivity index (χ3n) is 1.74. The Kier molecular flexibility index (Phi) is 3.00. The first-order chi connectivity index (χ1) is 6.15. The van der Waals surface area contributed by atoms with E-state index in [0.717, 1.165) is 0 Å². The number of rotatable bonds is 3. The van der Waals surface area contributed by atoms with Crippen LogP contribution in [0.3, 0.4) is 0 Å². The maximum Gasteiger partial charge on any atom is 0.344 e. The minimum Gasteiger partial charge on any atom is -0.466 e. The fourth-order valence-corrected chi connectivity index (χ4v) is 1.03. The number of carbonyl (C=O) groups excluding carboxylic acids is 2. The van der Waals surface area contributed by atoms with Gasteiger partial charge in [-0.15, -0.1) is 0 Å². The zero-order valence-corrected chi connectivity index (χ0v) is 7.57.